The first-order valence-electron chi connectivity index (χ1n) is 5.68. The fourth-order valence-corrected chi connectivity index (χ4v) is 1.67. The molecule has 16 heavy (non-hydrogen) atoms. The van der Waals surface area contributed by atoms with Gasteiger partial charge in [0.15, 0.2) is 5.78 Å². The Morgan fingerprint density at radius 2 is 1.94 bits per heavy atom. The number of carbonyl (C=O) groups excluding carboxylic acids is 2. The van der Waals surface area contributed by atoms with Crippen molar-refractivity contribution >= 4 is 11.8 Å². The van der Waals surface area contributed by atoms with Crippen LogP contribution in [0, 0.1) is 0 Å². The van der Waals surface area contributed by atoms with Crippen LogP contribution in [0.2, 0.25) is 0 Å². The highest BCUT2D eigenvalue weighted by molar-refractivity contribution is 5.98. The van der Waals surface area contributed by atoms with Crippen molar-refractivity contribution in [2.24, 2.45) is 0 Å². The quantitative estimate of drug-likeness (QED) is 0.546. The van der Waals surface area contributed by atoms with E-state index in [-0.39, 0.29) is 18.3 Å². The Labute approximate surface area is 96.3 Å². The van der Waals surface area contributed by atoms with Crippen LogP contribution in [0.25, 0.3) is 0 Å². The summed E-state index contributed by atoms with van der Waals surface area (Å²) < 4.78 is 10.5. The summed E-state index contributed by atoms with van der Waals surface area (Å²) in [7, 11) is 0. The molecule has 1 aliphatic heterocycles. The Balaban J connectivity index is 2.37. The summed E-state index contributed by atoms with van der Waals surface area (Å²) in [4.78, 5) is 23.1. The number of Topliss-reactive ketones (excluding diaryl/α,β-unsaturated/α-hetero) is 1. The van der Waals surface area contributed by atoms with Crippen molar-refractivity contribution in [2.75, 3.05) is 0 Å². The predicted molar refractivity (Wildman–Crippen MR) is 59.0 cm³/mol. The van der Waals surface area contributed by atoms with Gasteiger partial charge in [-0.1, -0.05) is 0 Å². The van der Waals surface area contributed by atoms with E-state index < -0.39 is 17.7 Å². The Kier molecular flexibility index (Phi) is 4.08. The lowest BCUT2D eigenvalue weighted by Gasteiger charge is -2.19. The molecule has 0 aliphatic carbocycles. The van der Waals surface area contributed by atoms with Crippen molar-refractivity contribution in [3.63, 3.8) is 0 Å². The second-order valence-electron chi connectivity index (χ2n) is 5.24. The van der Waals surface area contributed by atoms with Gasteiger partial charge in [0.2, 0.25) is 0 Å². The topological polar surface area (TPSA) is 52.6 Å². The minimum absolute atomic E-state index is 0.118. The average molecular weight is 228 g/mol. The summed E-state index contributed by atoms with van der Waals surface area (Å²) in [5.41, 5.74) is -0.540. The van der Waals surface area contributed by atoms with Crippen molar-refractivity contribution in [3.05, 3.63) is 0 Å². The molecule has 92 valence electrons. The Bertz CT molecular complexity index is 277. The van der Waals surface area contributed by atoms with E-state index in [1.807, 2.05) is 6.92 Å². The molecule has 0 N–H and O–H groups in total. The zero-order chi connectivity index (χ0) is 12.3. The molecule has 0 bridgehead atoms. The highest BCUT2D eigenvalue weighted by Crippen LogP contribution is 2.21. The molecule has 4 nitrogen and oxygen atoms in total. The van der Waals surface area contributed by atoms with E-state index in [4.69, 9.17) is 9.47 Å². The fraction of sp³-hybridized carbons (Fsp3) is 0.833. The molecular weight excluding hydrogens is 208 g/mol. The SMILES string of the molecule is C[C@H]1CC[C@H](C(=O)CC(=O)OC(C)(C)C)O1. The summed E-state index contributed by atoms with van der Waals surface area (Å²) in [6.45, 7) is 7.28. The fourth-order valence-electron chi connectivity index (χ4n) is 1.67. The first-order valence-corrected chi connectivity index (χ1v) is 5.68. The van der Waals surface area contributed by atoms with Gasteiger partial charge in [0, 0.05) is 0 Å². The van der Waals surface area contributed by atoms with Gasteiger partial charge in [-0.25, -0.2) is 0 Å². The first kappa shape index (κ1) is 13.2. The second kappa shape index (κ2) is 4.95. The van der Waals surface area contributed by atoms with E-state index in [9.17, 15) is 9.59 Å². The lowest BCUT2D eigenvalue weighted by Crippen LogP contribution is -2.29. The van der Waals surface area contributed by atoms with Crippen LogP contribution in [-0.4, -0.2) is 29.6 Å². The van der Waals surface area contributed by atoms with Crippen molar-refractivity contribution in [2.45, 2.75) is 64.8 Å². The Hall–Kier alpha value is -0.900. The van der Waals surface area contributed by atoms with Gasteiger partial charge in [0.05, 0.1) is 6.10 Å². The second-order valence-corrected chi connectivity index (χ2v) is 5.24. The number of hydrogen-bond acceptors (Lipinski definition) is 4. The van der Waals surface area contributed by atoms with Gasteiger partial charge in [-0.05, 0) is 40.5 Å². The third-order valence-corrected chi connectivity index (χ3v) is 2.33. The van der Waals surface area contributed by atoms with Crippen molar-refractivity contribution in [1.29, 1.82) is 0 Å². The van der Waals surface area contributed by atoms with Crippen LogP contribution in [-0.2, 0) is 19.1 Å². The van der Waals surface area contributed by atoms with Crippen molar-refractivity contribution < 1.29 is 19.1 Å². The molecule has 1 saturated heterocycles. The molecule has 1 heterocycles. The van der Waals surface area contributed by atoms with Crippen LogP contribution in [0.4, 0.5) is 0 Å². The maximum Gasteiger partial charge on any atom is 0.313 e. The lowest BCUT2D eigenvalue weighted by atomic mass is 10.1. The molecule has 0 aromatic heterocycles. The number of esters is 1. The van der Waals surface area contributed by atoms with Gasteiger partial charge in [-0.15, -0.1) is 0 Å². The van der Waals surface area contributed by atoms with E-state index in [0.717, 1.165) is 6.42 Å². The molecule has 1 aliphatic rings. The lowest BCUT2D eigenvalue weighted by molar-refractivity contribution is -0.157. The normalized spacial score (nSPS) is 25.5. The predicted octanol–water partition coefficient (Wildman–Crippen LogP) is 1.85. The molecule has 0 saturated carbocycles. The largest absolute Gasteiger partial charge is 0.460 e. The minimum Gasteiger partial charge on any atom is -0.460 e. The van der Waals surface area contributed by atoms with Crippen LogP contribution in [0.5, 0.6) is 0 Å². The van der Waals surface area contributed by atoms with Crippen molar-refractivity contribution in [3.8, 4) is 0 Å². The summed E-state index contributed by atoms with van der Waals surface area (Å²) in [5.74, 6) is -0.640. The number of ether oxygens (including phenoxy) is 2. The van der Waals surface area contributed by atoms with Gasteiger partial charge in [0.25, 0.3) is 0 Å². The standard InChI is InChI=1S/C12H20O4/c1-8-5-6-10(15-8)9(13)7-11(14)16-12(2,3)4/h8,10H,5-7H2,1-4H3/t8-,10+/m0/s1. The number of carbonyl (C=O) groups is 2. The molecule has 0 radical (unpaired) electrons. The molecular formula is C12H20O4. The summed E-state index contributed by atoms with van der Waals surface area (Å²) in [5, 5.41) is 0. The number of rotatable bonds is 3. The van der Waals surface area contributed by atoms with E-state index >= 15 is 0 Å². The first-order chi connectivity index (χ1) is 7.28. The summed E-state index contributed by atoms with van der Waals surface area (Å²) in [6, 6.07) is 0. The van der Waals surface area contributed by atoms with Crippen LogP contribution < -0.4 is 0 Å². The smallest absolute Gasteiger partial charge is 0.313 e. The maximum atomic E-state index is 11.7. The summed E-state index contributed by atoms with van der Waals surface area (Å²) >= 11 is 0. The van der Waals surface area contributed by atoms with E-state index in [2.05, 4.69) is 0 Å². The van der Waals surface area contributed by atoms with E-state index in [1.54, 1.807) is 20.8 Å². The van der Waals surface area contributed by atoms with Crippen LogP contribution in [0.1, 0.15) is 47.0 Å². The van der Waals surface area contributed by atoms with Crippen LogP contribution in [0.15, 0.2) is 0 Å². The van der Waals surface area contributed by atoms with Gasteiger partial charge in [0.1, 0.15) is 18.1 Å². The third-order valence-electron chi connectivity index (χ3n) is 2.33. The average Bonchev–Trinajstić information content (AvgIpc) is 2.47. The molecule has 0 amide bonds. The van der Waals surface area contributed by atoms with Crippen molar-refractivity contribution in [1.82, 2.24) is 0 Å². The minimum atomic E-state index is -0.540. The van der Waals surface area contributed by atoms with Crippen LogP contribution in [0.3, 0.4) is 0 Å². The van der Waals surface area contributed by atoms with Gasteiger partial charge in [-0.3, -0.25) is 9.59 Å². The third kappa shape index (κ3) is 4.31. The molecule has 4 heteroatoms. The molecule has 0 unspecified atom stereocenters. The maximum absolute atomic E-state index is 11.7. The summed E-state index contributed by atoms with van der Waals surface area (Å²) in [6.07, 6.45) is 1.11. The molecule has 1 rings (SSSR count). The molecule has 0 spiro atoms. The van der Waals surface area contributed by atoms with E-state index in [0.29, 0.717) is 6.42 Å². The van der Waals surface area contributed by atoms with Gasteiger partial charge in [-0.2, -0.15) is 0 Å². The van der Waals surface area contributed by atoms with Gasteiger partial charge < -0.3 is 9.47 Å². The monoisotopic (exact) mass is 228 g/mol. The Morgan fingerprint density at radius 1 is 1.31 bits per heavy atom. The Morgan fingerprint density at radius 3 is 2.38 bits per heavy atom. The molecule has 1 fully saturated rings. The highest BCUT2D eigenvalue weighted by Gasteiger charge is 2.30. The van der Waals surface area contributed by atoms with Gasteiger partial charge >= 0.3 is 5.97 Å². The molecule has 0 aromatic rings. The zero-order valence-corrected chi connectivity index (χ0v) is 10.4. The number of hydrogen-bond donors (Lipinski definition) is 0. The molecule has 2 atom stereocenters. The number of ketones is 1. The zero-order valence-electron chi connectivity index (χ0n) is 10.4. The van der Waals surface area contributed by atoms with Crippen LogP contribution >= 0.6 is 0 Å². The highest BCUT2D eigenvalue weighted by atomic mass is 16.6. The molecule has 0 aromatic carbocycles. The van der Waals surface area contributed by atoms with E-state index in [1.165, 1.54) is 0 Å².